The molecule has 3 amide bonds. The molecule has 0 radical (unpaired) electrons. The van der Waals surface area contributed by atoms with Crippen molar-refractivity contribution in [1.29, 1.82) is 0 Å². The number of hydrogen-bond acceptors (Lipinski definition) is 3. The summed E-state index contributed by atoms with van der Waals surface area (Å²) in [7, 11) is 0. The van der Waals surface area contributed by atoms with Crippen LogP contribution in [0.25, 0.3) is 0 Å². The van der Waals surface area contributed by atoms with Crippen molar-refractivity contribution in [3.63, 3.8) is 0 Å². The first-order valence-electron chi connectivity index (χ1n) is 8.07. The lowest BCUT2D eigenvalue weighted by Crippen LogP contribution is -2.46. The van der Waals surface area contributed by atoms with Gasteiger partial charge in [-0.15, -0.1) is 6.42 Å². The second-order valence-electron chi connectivity index (χ2n) is 5.69. The summed E-state index contributed by atoms with van der Waals surface area (Å²) in [6.45, 7) is 0.937. The second-order valence-corrected chi connectivity index (χ2v) is 6.60. The third-order valence-electron chi connectivity index (χ3n) is 3.95. The van der Waals surface area contributed by atoms with E-state index < -0.39 is 6.04 Å². The highest BCUT2D eigenvalue weighted by atomic mass is 79.9. The minimum absolute atomic E-state index is 0.154. The Bertz CT molecular complexity index is 682. The van der Waals surface area contributed by atoms with E-state index >= 15 is 0 Å². The van der Waals surface area contributed by atoms with Gasteiger partial charge in [0.15, 0.2) is 0 Å². The summed E-state index contributed by atoms with van der Waals surface area (Å²) in [5.41, 5.74) is 0.552. The van der Waals surface area contributed by atoms with Crippen LogP contribution in [0.2, 0.25) is 0 Å². The summed E-state index contributed by atoms with van der Waals surface area (Å²) in [5, 5.41) is 5.26. The Morgan fingerprint density at radius 2 is 1.96 bits per heavy atom. The van der Waals surface area contributed by atoms with Crippen LogP contribution in [0.4, 0.5) is 0 Å². The summed E-state index contributed by atoms with van der Waals surface area (Å²) in [6.07, 6.45) is 6.62. The maximum atomic E-state index is 12.6. The molecule has 7 heteroatoms. The molecule has 1 aromatic rings. The highest BCUT2D eigenvalue weighted by molar-refractivity contribution is 9.10. The number of carbonyl (C=O) groups is 3. The van der Waals surface area contributed by atoms with E-state index in [4.69, 9.17) is 6.42 Å². The lowest BCUT2D eigenvalue weighted by Gasteiger charge is -2.24. The highest BCUT2D eigenvalue weighted by Gasteiger charge is 2.34. The standard InChI is InChI=1S/C18H20BrN3O3/c1-2-10-20-16(23)9-11-21-17(24)15-4-3-12-22(15)18(25)13-5-7-14(19)8-6-13/h1,5-8,15H,3-4,9-12H2,(H,20,23)(H,21,24). The Morgan fingerprint density at radius 1 is 1.24 bits per heavy atom. The van der Waals surface area contributed by atoms with Crippen molar-refractivity contribution in [3.8, 4) is 12.3 Å². The maximum absolute atomic E-state index is 12.6. The molecule has 25 heavy (non-hydrogen) atoms. The minimum atomic E-state index is -0.495. The average Bonchev–Trinajstić information content (AvgIpc) is 3.09. The predicted molar refractivity (Wildman–Crippen MR) is 97.7 cm³/mol. The van der Waals surface area contributed by atoms with E-state index in [1.54, 1.807) is 29.2 Å². The number of nitrogens with zero attached hydrogens (tertiary/aromatic N) is 1. The fraction of sp³-hybridized carbons (Fsp3) is 0.389. The molecule has 0 aliphatic carbocycles. The molecule has 0 spiro atoms. The van der Waals surface area contributed by atoms with E-state index in [2.05, 4.69) is 32.5 Å². The van der Waals surface area contributed by atoms with Gasteiger partial charge in [-0.25, -0.2) is 0 Å². The van der Waals surface area contributed by atoms with E-state index in [9.17, 15) is 14.4 Å². The number of halogens is 1. The topological polar surface area (TPSA) is 78.5 Å². The van der Waals surface area contributed by atoms with Crippen molar-refractivity contribution in [1.82, 2.24) is 15.5 Å². The Labute approximate surface area is 155 Å². The van der Waals surface area contributed by atoms with Crippen molar-refractivity contribution in [3.05, 3.63) is 34.3 Å². The van der Waals surface area contributed by atoms with E-state index in [0.717, 1.165) is 10.9 Å². The number of amides is 3. The Kier molecular flexibility index (Phi) is 7.02. The SMILES string of the molecule is C#CCNC(=O)CCNC(=O)C1CCCN1C(=O)c1ccc(Br)cc1. The van der Waals surface area contributed by atoms with Crippen LogP contribution in [0.5, 0.6) is 0 Å². The van der Waals surface area contributed by atoms with Crippen LogP contribution in [-0.4, -0.2) is 48.3 Å². The molecule has 0 aromatic heterocycles. The number of terminal acetylenes is 1. The molecule has 1 aliphatic heterocycles. The van der Waals surface area contributed by atoms with Crippen LogP contribution in [0.1, 0.15) is 29.6 Å². The maximum Gasteiger partial charge on any atom is 0.254 e. The second kappa shape index (κ2) is 9.23. The number of nitrogens with one attached hydrogen (secondary N) is 2. The van der Waals surface area contributed by atoms with Crippen molar-refractivity contribution >= 4 is 33.7 Å². The fourth-order valence-electron chi connectivity index (χ4n) is 2.70. The van der Waals surface area contributed by atoms with Crippen molar-refractivity contribution in [2.75, 3.05) is 19.6 Å². The molecule has 1 fully saturated rings. The first-order chi connectivity index (χ1) is 12.0. The largest absolute Gasteiger partial charge is 0.354 e. The molecular formula is C18H20BrN3O3. The molecule has 0 saturated carbocycles. The first kappa shape index (κ1) is 19.0. The highest BCUT2D eigenvalue weighted by Crippen LogP contribution is 2.21. The summed E-state index contributed by atoms with van der Waals surface area (Å²) in [5.74, 6) is 1.71. The molecule has 2 N–H and O–H groups in total. The molecule has 6 nitrogen and oxygen atoms in total. The van der Waals surface area contributed by atoms with Gasteiger partial charge in [0.05, 0.1) is 6.54 Å². The van der Waals surface area contributed by atoms with Gasteiger partial charge in [0.25, 0.3) is 5.91 Å². The summed E-state index contributed by atoms with van der Waals surface area (Å²) < 4.78 is 0.892. The third kappa shape index (κ3) is 5.33. The lowest BCUT2D eigenvalue weighted by molar-refractivity contribution is -0.125. The van der Waals surface area contributed by atoms with Crippen LogP contribution >= 0.6 is 15.9 Å². The van der Waals surface area contributed by atoms with Gasteiger partial charge in [-0.2, -0.15) is 0 Å². The lowest BCUT2D eigenvalue weighted by atomic mass is 10.1. The summed E-state index contributed by atoms with van der Waals surface area (Å²) >= 11 is 3.34. The molecular weight excluding hydrogens is 386 g/mol. The van der Waals surface area contributed by atoms with Crippen molar-refractivity contribution in [2.24, 2.45) is 0 Å². The van der Waals surface area contributed by atoms with Crippen LogP contribution in [0.15, 0.2) is 28.7 Å². The van der Waals surface area contributed by atoms with E-state index in [0.29, 0.717) is 18.5 Å². The summed E-state index contributed by atoms with van der Waals surface area (Å²) in [4.78, 5) is 38.0. The molecule has 1 aromatic carbocycles. The van der Waals surface area contributed by atoms with Crippen LogP contribution < -0.4 is 10.6 Å². The van der Waals surface area contributed by atoms with Gasteiger partial charge in [0.1, 0.15) is 6.04 Å². The zero-order valence-corrected chi connectivity index (χ0v) is 15.3. The average molecular weight is 406 g/mol. The van der Waals surface area contributed by atoms with Gasteiger partial charge in [-0.05, 0) is 37.1 Å². The van der Waals surface area contributed by atoms with E-state index in [1.807, 2.05) is 0 Å². The normalized spacial score (nSPS) is 16.2. The molecule has 1 unspecified atom stereocenters. The molecule has 0 bridgehead atoms. The first-order valence-corrected chi connectivity index (χ1v) is 8.86. The number of rotatable bonds is 6. The van der Waals surface area contributed by atoms with Gasteiger partial charge in [-0.3, -0.25) is 14.4 Å². The van der Waals surface area contributed by atoms with Gasteiger partial charge in [-0.1, -0.05) is 21.9 Å². The Balaban J connectivity index is 1.88. The minimum Gasteiger partial charge on any atom is -0.354 e. The van der Waals surface area contributed by atoms with Crippen LogP contribution in [0, 0.1) is 12.3 Å². The number of benzene rings is 1. The molecule has 132 valence electrons. The molecule has 1 heterocycles. The zero-order valence-electron chi connectivity index (χ0n) is 13.8. The summed E-state index contributed by atoms with van der Waals surface area (Å²) in [6, 6.07) is 6.57. The number of likely N-dealkylation sites (tertiary alicyclic amines) is 1. The van der Waals surface area contributed by atoms with Gasteiger partial charge < -0.3 is 15.5 Å². The number of hydrogen-bond donors (Lipinski definition) is 2. The van der Waals surface area contributed by atoms with E-state index in [-0.39, 0.29) is 37.2 Å². The Hall–Kier alpha value is -2.33. The zero-order chi connectivity index (χ0) is 18.2. The van der Waals surface area contributed by atoms with Crippen LogP contribution in [-0.2, 0) is 9.59 Å². The molecule has 1 aliphatic rings. The van der Waals surface area contributed by atoms with Gasteiger partial charge >= 0.3 is 0 Å². The third-order valence-corrected chi connectivity index (χ3v) is 4.48. The van der Waals surface area contributed by atoms with Crippen LogP contribution in [0.3, 0.4) is 0 Å². The molecule has 1 atom stereocenters. The molecule has 2 rings (SSSR count). The van der Waals surface area contributed by atoms with Crippen molar-refractivity contribution < 1.29 is 14.4 Å². The van der Waals surface area contributed by atoms with Gasteiger partial charge in [0, 0.05) is 29.5 Å². The predicted octanol–water partition coefficient (Wildman–Crippen LogP) is 1.31. The number of carbonyl (C=O) groups excluding carboxylic acids is 3. The quantitative estimate of drug-likeness (QED) is 0.700. The van der Waals surface area contributed by atoms with Crippen molar-refractivity contribution in [2.45, 2.75) is 25.3 Å². The molecule has 1 saturated heterocycles. The monoisotopic (exact) mass is 405 g/mol. The van der Waals surface area contributed by atoms with E-state index in [1.165, 1.54) is 0 Å². The van der Waals surface area contributed by atoms with Gasteiger partial charge in [0.2, 0.25) is 11.8 Å². The smallest absolute Gasteiger partial charge is 0.254 e. The fourth-order valence-corrected chi connectivity index (χ4v) is 2.96. The Morgan fingerprint density at radius 3 is 2.64 bits per heavy atom.